The molecule has 0 aliphatic heterocycles. The van der Waals surface area contributed by atoms with E-state index in [9.17, 15) is 4.39 Å². The summed E-state index contributed by atoms with van der Waals surface area (Å²) in [6, 6.07) is 5.29. The van der Waals surface area contributed by atoms with E-state index in [1.165, 1.54) is 29.2 Å². The predicted molar refractivity (Wildman–Crippen MR) is 84.3 cm³/mol. The predicted octanol–water partition coefficient (Wildman–Crippen LogP) is 4.22. The second-order valence-electron chi connectivity index (χ2n) is 4.08. The highest BCUT2D eigenvalue weighted by Crippen LogP contribution is 2.37. The summed E-state index contributed by atoms with van der Waals surface area (Å²) in [6.45, 7) is 4.92. The molecule has 20 heavy (non-hydrogen) atoms. The molecule has 108 valence electrons. The number of nitrogens with zero attached hydrogens (tertiary/aromatic N) is 2. The van der Waals surface area contributed by atoms with Crippen LogP contribution in [0.2, 0.25) is 0 Å². The average molecular weight is 329 g/mol. The third kappa shape index (κ3) is 3.72. The highest BCUT2D eigenvalue weighted by atomic mass is 32.2. The molecule has 0 amide bonds. The number of aromatic nitrogens is 2. The summed E-state index contributed by atoms with van der Waals surface area (Å²) in [7, 11) is 0. The van der Waals surface area contributed by atoms with Gasteiger partial charge in [0.2, 0.25) is 0 Å². The molecule has 7 heteroatoms. The molecule has 1 N–H and O–H groups in total. The van der Waals surface area contributed by atoms with Gasteiger partial charge in [-0.05, 0) is 31.4 Å². The maximum absolute atomic E-state index is 14.1. The van der Waals surface area contributed by atoms with Gasteiger partial charge >= 0.3 is 0 Å². The van der Waals surface area contributed by atoms with Gasteiger partial charge in [0.15, 0.2) is 8.68 Å². The molecule has 2 rings (SSSR count). The normalized spacial score (nSPS) is 12.6. The number of thioether (sulfide) groups is 1. The zero-order valence-corrected chi connectivity index (χ0v) is 14.0. The van der Waals surface area contributed by atoms with E-state index in [-0.39, 0.29) is 11.9 Å². The summed E-state index contributed by atoms with van der Waals surface area (Å²) < 4.78 is 15.8. The minimum absolute atomic E-state index is 0.103. The number of rotatable bonds is 6. The van der Waals surface area contributed by atoms with Crippen LogP contribution >= 0.6 is 34.9 Å². The van der Waals surface area contributed by atoms with E-state index in [1.54, 1.807) is 17.8 Å². The van der Waals surface area contributed by atoms with Crippen LogP contribution in [0, 0.1) is 5.82 Å². The van der Waals surface area contributed by atoms with Crippen molar-refractivity contribution in [2.24, 2.45) is 0 Å². The second kappa shape index (κ2) is 7.40. The first kappa shape index (κ1) is 15.8. The van der Waals surface area contributed by atoms with Gasteiger partial charge in [0, 0.05) is 6.04 Å². The summed E-state index contributed by atoms with van der Waals surface area (Å²) in [5.74, 6) is -0.210. The standard InChI is InChI=1S/C13H16FN3S3/c1-4-15-8(2)9-6-5-7-10(14)11(9)19-13-17-16-12(18-3)20-13/h5-8,15H,4H2,1-3H3. The van der Waals surface area contributed by atoms with Crippen molar-refractivity contribution >= 4 is 34.9 Å². The van der Waals surface area contributed by atoms with Gasteiger partial charge in [-0.2, -0.15) is 0 Å². The van der Waals surface area contributed by atoms with Crippen molar-refractivity contribution in [3.8, 4) is 0 Å². The van der Waals surface area contributed by atoms with E-state index in [1.807, 2.05) is 26.2 Å². The van der Waals surface area contributed by atoms with Crippen molar-refractivity contribution in [3.63, 3.8) is 0 Å². The Labute approximate surface area is 130 Å². The molecular weight excluding hydrogens is 313 g/mol. The summed E-state index contributed by atoms with van der Waals surface area (Å²) in [5.41, 5.74) is 0.956. The first-order valence-electron chi connectivity index (χ1n) is 6.22. The SMILES string of the molecule is CCNC(C)c1cccc(F)c1Sc1nnc(SC)s1. The van der Waals surface area contributed by atoms with Gasteiger partial charge in [0.1, 0.15) is 5.82 Å². The van der Waals surface area contributed by atoms with Crippen LogP contribution in [0.15, 0.2) is 31.8 Å². The number of benzene rings is 1. The third-order valence-corrected chi connectivity index (χ3v) is 5.81. The molecule has 1 atom stereocenters. The molecule has 0 saturated carbocycles. The molecule has 0 fully saturated rings. The Bertz CT molecular complexity index is 574. The number of hydrogen-bond donors (Lipinski definition) is 1. The van der Waals surface area contributed by atoms with Crippen molar-refractivity contribution in [1.29, 1.82) is 0 Å². The van der Waals surface area contributed by atoms with Crippen molar-refractivity contribution in [3.05, 3.63) is 29.6 Å². The van der Waals surface area contributed by atoms with Crippen LogP contribution in [-0.4, -0.2) is 23.0 Å². The number of nitrogens with one attached hydrogen (secondary N) is 1. The fourth-order valence-corrected chi connectivity index (χ4v) is 4.40. The van der Waals surface area contributed by atoms with Crippen LogP contribution in [-0.2, 0) is 0 Å². The fraction of sp³-hybridized carbons (Fsp3) is 0.385. The maximum atomic E-state index is 14.1. The Kier molecular flexibility index (Phi) is 5.83. The van der Waals surface area contributed by atoms with Crippen molar-refractivity contribution in [2.75, 3.05) is 12.8 Å². The molecule has 1 aromatic carbocycles. The van der Waals surface area contributed by atoms with Crippen molar-refractivity contribution in [1.82, 2.24) is 15.5 Å². The van der Waals surface area contributed by atoms with E-state index in [0.717, 1.165) is 20.8 Å². The molecule has 1 aromatic heterocycles. The Balaban J connectivity index is 2.29. The monoisotopic (exact) mass is 329 g/mol. The summed E-state index contributed by atoms with van der Waals surface area (Å²) in [4.78, 5) is 0.629. The molecule has 0 spiro atoms. The van der Waals surface area contributed by atoms with Crippen LogP contribution in [0.5, 0.6) is 0 Å². The quantitative estimate of drug-likeness (QED) is 0.803. The van der Waals surface area contributed by atoms with Crippen LogP contribution in [0.25, 0.3) is 0 Å². The topological polar surface area (TPSA) is 37.8 Å². The molecule has 0 radical (unpaired) electrons. The summed E-state index contributed by atoms with van der Waals surface area (Å²) in [5, 5.41) is 11.5. The number of halogens is 1. The fourth-order valence-electron chi connectivity index (χ4n) is 1.80. The molecule has 3 nitrogen and oxygen atoms in total. The summed E-state index contributed by atoms with van der Waals surface area (Å²) >= 11 is 4.38. The van der Waals surface area contributed by atoms with Gasteiger partial charge in [-0.3, -0.25) is 0 Å². The van der Waals surface area contributed by atoms with Crippen LogP contribution in [0.4, 0.5) is 4.39 Å². The van der Waals surface area contributed by atoms with Crippen LogP contribution < -0.4 is 5.32 Å². The molecule has 1 heterocycles. The van der Waals surface area contributed by atoms with E-state index >= 15 is 0 Å². The molecule has 0 bridgehead atoms. The van der Waals surface area contributed by atoms with Gasteiger partial charge in [-0.25, -0.2) is 4.39 Å². The van der Waals surface area contributed by atoms with Gasteiger partial charge in [-0.1, -0.05) is 53.9 Å². The first-order chi connectivity index (χ1) is 9.65. The smallest absolute Gasteiger partial charge is 0.179 e. The average Bonchev–Trinajstić information content (AvgIpc) is 2.89. The lowest BCUT2D eigenvalue weighted by Crippen LogP contribution is -2.18. The zero-order valence-electron chi connectivity index (χ0n) is 11.5. The van der Waals surface area contributed by atoms with Crippen molar-refractivity contribution < 1.29 is 4.39 Å². The molecular formula is C13H16FN3S3. The molecule has 0 aliphatic carbocycles. The Morgan fingerprint density at radius 1 is 1.35 bits per heavy atom. The van der Waals surface area contributed by atoms with E-state index < -0.39 is 0 Å². The Hall–Kier alpha value is -0.630. The first-order valence-corrected chi connectivity index (χ1v) is 9.08. The Morgan fingerprint density at radius 2 is 2.10 bits per heavy atom. The van der Waals surface area contributed by atoms with E-state index in [2.05, 4.69) is 15.5 Å². The minimum atomic E-state index is -0.210. The van der Waals surface area contributed by atoms with Crippen LogP contribution in [0.3, 0.4) is 0 Å². The highest BCUT2D eigenvalue weighted by molar-refractivity contribution is 8.03. The number of hydrogen-bond acceptors (Lipinski definition) is 6. The van der Waals surface area contributed by atoms with Gasteiger partial charge in [0.25, 0.3) is 0 Å². The van der Waals surface area contributed by atoms with Gasteiger partial charge in [0.05, 0.1) is 4.90 Å². The van der Waals surface area contributed by atoms with E-state index in [0.29, 0.717) is 4.90 Å². The Morgan fingerprint density at radius 3 is 2.75 bits per heavy atom. The summed E-state index contributed by atoms with van der Waals surface area (Å²) in [6.07, 6.45) is 1.96. The van der Waals surface area contributed by atoms with E-state index in [4.69, 9.17) is 0 Å². The lowest BCUT2D eigenvalue weighted by atomic mass is 10.1. The van der Waals surface area contributed by atoms with Gasteiger partial charge in [-0.15, -0.1) is 10.2 Å². The lowest BCUT2D eigenvalue weighted by molar-refractivity contribution is 0.558. The molecule has 1 unspecified atom stereocenters. The molecule has 0 aliphatic rings. The molecule has 0 saturated heterocycles. The minimum Gasteiger partial charge on any atom is -0.310 e. The van der Waals surface area contributed by atoms with Crippen molar-refractivity contribution in [2.45, 2.75) is 33.5 Å². The third-order valence-electron chi connectivity index (χ3n) is 2.73. The van der Waals surface area contributed by atoms with Gasteiger partial charge < -0.3 is 5.32 Å². The highest BCUT2D eigenvalue weighted by Gasteiger charge is 2.16. The zero-order chi connectivity index (χ0) is 14.5. The molecule has 2 aromatic rings. The maximum Gasteiger partial charge on any atom is 0.179 e. The second-order valence-corrected chi connectivity index (χ2v) is 7.37. The largest absolute Gasteiger partial charge is 0.310 e. The van der Waals surface area contributed by atoms with Crippen LogP contribution in [0.1, 0.15) is 25.5 Å². The lowest BCUT2D eigenvalue weighted by Gasteiger charge is -2.16.